The number of nitrogens with zero attached hydrogens (tertiary/aromatic N) is 2. The van der Waals surface area contributed by atoms with Crippen molar-refractivity contribution in [2.45, 2.75) is 45.2 Å². The minimum Gasteiger partial charge on any atom is -0.477 e. The molecule has 7 heteroatoms. The molecule has 168 valence electrons. The molecule has 2 heterocycles. The first-order valence-electron chi connectivity index (χ1n) is 10.9. The number of aryl methyl sites for hydroxylation is 1. The predicted molar refractivity (Wildman–Crippen MR) is 111 cm³/mol. The van der Waals surface area contributed by atoms with Gasteiger partial charge >= 0.3 is 6.18 Å². The maximum atomic E-state index is 14.1. The minimum atomic E-state index is -4.11. The van der Waals surface area contributed by atoms with E-state index >= 15 is 0 Å². The molecule has 0 N–H and O–H groups in total. The molecule has 2 aliphatic rings. The zero-order chi connectivity index (χ0) is 22.1. The lowest BCUT2D eigenvalue weighted by Crippen LogP contribution is -2.53. The van der Waals surface area contributed by atoms with Crippen molar-refractivity contribution in [1.82, 2.24) is 9.88 Å². The van der Waals surface area contributed by atoms with Crippen molar-refractivity contribution in [3.63, 3.8) is 0 Å². The Labute approximate surface area is 180 Å². The normalized spacial score (nSPS) is 19.8. The smallest absolute Gasteiger partial charge is 0.395 e. The fourth-order valence-corrected chi connectivity index (χ4v) is 4.56. The summed E-state index contributed by atoms with van der Waals surface area (Å²) in [5.41, 5.74) is 0.563. The molecule has 1 aliphatic carbocycles. The molecule has 1 saturated heterocycles. The largest absolute Gasteiger partial charge is 0.477 e. The van der Waals surface area contributed by atoms with Gasteiger partial charge in [0.25, 0.3) is 0 Å². The first-order chi connectivity index (χ1) is 14.8. The van der Waals surface area contributed by atoms with Crippen LogP contribution in [0.25, 0.3) is 11.1 Å². The molecule has 0 bridgehead atoms. The lowest BCUT2D eigenvalue weighted by Gasteiger charge is -2.47. The van der Waals surface area contributed by atoms with Gasteiger partial charge < -0.3 is 9.64 Å². The molecule has 4 rings (SSSR count). The van der Waals surface area contributed by atoms with E-state index in [9.17, 15) is 17.6 Å². The van der Waals surface area contributed by atoms with E-state index < -0.39 is 11.6 Å². The van der Waals surface area contributed by atoms with Crippen LogP contribution in [0.3, 0.4) is 0 Å². The van der Waals surface area contributed by atoms with E-state index in [1.54, 1.807) is 24.4 Å². The fourth-order valence-electron chi connectivity index (χ4n) is 4.56. The number of halogens is 4. The van der Waals surface area contributed by atoms with Crippen molar-refractivity contribution in [2.24, 2.45) is 11.3 Å². The van der Waals surface area contributed by atoms with Crippen LogP contribution in [0.4, 0.5) is 17.6 Å². The van der Waals surface area contributed by atoms with Crippen LogP contribution >= 0.6 is 0 Å². The Hall–Kier alpha value is -2.15. The van der Waals surface area contributed by atoms with E-state index in [-0.39, 0.29) is 25.2 Å². The first-order valence-corrected chi connectivity index (χ1v) is 10.9. The average Bonchev–Trinajstić information content (AvgIpc) is 2.70. The summed E-state index contributed by atoms with van der Waals surface area (Å²) in [7, 11) is 0. The standard InChI is InChI=1S/C24H28F4N2O/c1-17-3-5-20(21(25)13-17)19-4-6-22(29-14-19)31-15-18-7-11-30(12-8-18)16-23(9-2-10-23)24(26,27)28/h3-6,13-14,18H,2,7-12,15-16H2,1H3. The molecular weight excluding hydrogens is 408 g/mol. The molecular formula is C24H28F4N2O. The maximum Gasteiger partial charge on any atom is 0.395 e. The van der Waals surface area contributed by atoms with Crippen LogP contribution in [0.5, 0.6) is 5.88 Å². The van der Waals surface area contributed by atoms with E-state index in [2.05, 4.69) is 4.98 Å². The molecule has 1 aromatic carbocycles. The van der Waals surface area contributed by atoms with Crippen molar-refractivity contribution in [2.75, 3.05) is 26.2 Å². The Kier molecular flexibility index (Phi) is 6.24. The molecule has 2 fully saturated rings. The zero-order valence-corrected chi connectivity index (χ0v) is 17.7. The van der Waals surface area contributed by atoms with E-state index in [1.807, 2.05) is 17.9 Å². The first kappa shape index (κ1) is 22.1. The molecule has 1 aromatic heterocycles. The molecule has 2 aromatic rings. The van der Waals surface area contributed by atoms with E-state index in [0.717, 1.165) is 18.4 Å². The quantitative estimate of drug-likeness (QED) is 0.518. The third-order valence-electron chi connectivity index (χ3n) is 6.78. The highest BCUT2D eigenvalue weighted by Gasteiger charge is 2.58. The number of alkyl halides is 3. The van der Waals surface area contributed by atoms with Crippen molar-refractivity contribution in [1.29, 1.82) is 0 Å². The molecule has 1 aliphatic heterocycles. The lowest BCUT2D eigenvalue weighted by molar-refractivity contribution is -0.256. The second-order valence-corrected chi connectivity index (χ2v) is 9.03. The van der Waals surface area contributed by atoms with Crippen LogP contribution < -0.4 is 4.74 Å². The third kappa shape index (κ3) is 4.86. The number of hydrogen-bond acceptors (Lipinski definition) is 3. The second kappa shape index (κ2) is 8.77. The fraction of sp³-hybridized carbons (Fsp3) is 0.542. The van der Waals surface area contributed by atoms with Gasteiger partial charge in [0.05, 0.1) is 12.0 Å². The lowest BCUT2D eigenvalue weighted by atomic mass is 9.67. The van der Waals surface area contributed by atoms with Gasteiger partial charge in [-0.05, 0) is 69.3 Å². The van der Waals surface area contributed by atoms with Crippen LogP contribution in [-0.4, -0.2) is 42.3 Å². The Morgan fingerprint density at radius 3 is 2.42 bits per heavy atom. The van der Waals surface area contributed by atoms with Crippen LogP contribution in [0.15, 0.2) is 36.5 Å². The molecule has 31 heavy (non-hydrogen) atoms. The third-order valence-corrected chi connectivity index (χ3v) is 6.78. The van der Waals surface area contributed by atoms with E-state index in [0.29, 0.717) is 49.0 Å². The predicted octanol–water partition coefficient (Wildman–Crippen LogP) is 6.02. The summed E-state index contributed by atoms with van der Waals surface area (Å²) in [6.07, 6.45) is 0.320. The van der Waals surface area contributed by atoms with Gasteiger partial charge in [-0.3, -0.25) is 0 Å². The van der Waals surface area contributed by atoms with Gasteiger partial charge in [0, 0.05) is 29.9 Å². The molecule has 1 saturated carbocycles. The van der Waals surface area contributed by atoms with Crippen LogP contribution in [-0.2, 0) is 0 Å². The highest BCUT2D eigenvalue weighted by molar-refractivity contribution is 5.63. The van der Waals surface area contributed by atoms with Gasteiger partial charge in [-0.25, -0.2) is 9.37 Å². The summed E-state index contributed by atoms with van der Waals surface area (Å²) in [4.78, 5) is 6.25. The number of likely N-dealkylation sites (tertiary alicyclic amines) is 1. The van der Waals surface area contributed by atoms with Gasteiger partial charge in [-0.1, -0.05) is 18.6 Å². The number of hydrogen-bond donors (Lipinski definition) is 0. The number of aromatic nitrogens is 1. The molecule has 0 unspecified atom stereocenters. The number of rotatable bonds is 6. The van der Waals surface area contributed by atoms with E-state index in [4.69, 9.17) is 4.74 Å². The van der Waals surface area contributed by atoms with Gasteiger partial charge in [0.1, 0.15) is 5.82 Å². The maximum absolute atomic E-state index is 14.1. The van der Waals surface area contributed by atoms with Crippen LogP contribution in [0.2, 0.25) is 0 Å². The molecule has 0 amide bonds. The Morgan fingerprint density at radius 1 is 1.13 bits per heavy atom. The van der Waals surface area contributed by atoms with E-state index in [1.165, 1.54) is 6.07 Å². The molecule has 0 atom stereocenters. The highest BCUT2D eigenvalue weighted by Crippen LogP contribution is 2.53. The van der Waals surface area contributed by atoms with Gasteiger partial charge in [-0.2, -0.15) is 13.2 Å². The molecule has 0 spiro atoms. The average molecular weight is 436 g/mol. The van der Waals surface area contributed by atoms with Crippen LogP contribution in [0.1, 0.15) is 37.7 Å². The van der Waals surface area contributed by atoms with Crippen molar-refractivity contribution < 1.29 is 22.3 Å². The van der Waals surface area contributed by atoms with Gasteiger partial charge in [0.2, 0.25) is 5.88 Å². The van der Waals surface area contributed by atoms with Crippen molar-refractivity contribution >= 4 is 0 Å². The zero-order valence-electron chi connectivity index (χ0n) is 17.7. The van der Waals surface area contributed by atoms with Crippen molar-refractivity contribution in [3.8, 4) is 17.0 Å². The van der Waals surface area contributed by atoms with Gasteiger partial charge in [-0.15, -0.1) is 0 Å². The SMILES string of the molecule is Cc1ccc(-c2ccc(OCC3CCN(CC4(C(F)(F)F)CCC4)CC3)nc2)c(F)c1. The molecule has 0 radical (unpaired) electrons. The number of benzene rings is 1. The van der Waals surface area contributed by atoms with Crippen LogP contribution in [0, 0.1) is 24.1 Å². The summed E-state index contributed by atoms with van der Waals surface area (Å²) >= 11 is 0. The number of ether oxygens (including phenoxy) is 1. The Bertz CT molecular complexity index is 885. The summed E-state index contributed by atoms with van der Waals surface area (Å²) in [6, 6.07) is 8.61. The highest BCUT2D eigenvalue weighted by atomic mass is 19.4. The van der Waals surface area contributed by atoms with Gasteiger partial charge in [0.15, 0.2) is 0 Å². The summed E-state index contributed by atoms with van der Waals surface area (Å²) in [5.74, 6) is 0.496. The minimum absolute atomic E-state index is 0.128. The summed E-state index contributed by atoms with van der Waals surface area (Å²) < 4.78 is 60.1. The molecule has 3 nitrogen and oxygen atoms in total. The summed E-state index contributed by atoms with van der Waals surface area (Å²) in [5, 5.41) is 0. The summed E-state index contributed by atoms with van der Waals surface area (Å²) in [6.45, 7) is 3.80. The number of piperidine rings is 1. The van der Waals surface area contributed by atoms with Crippen molar-refractivity contribution in [3.05, 3.63) is 47.9 Å². The Morgan fingerprint density at radius 2 is 1.87 bits per heavy atom. The number of pyridine rings is 1. The topological polar surface area (TPSA) is 25.4 Å². The second-order valence-electron chi connectivity index (χ2n) is 9.03. The monoisotopic (exact) mass is 436 g/mol. The Balaban J connectivity index is 1.25.